The van der Waals surface area contributed by atoms with Crippen LogP contribution in [0.1, 0.15) is 26.7 Å². The number of nitroso groups, excluding NO2 is 1. The maximum atomic E-state index is 15.0. The smallest absolute Gasteiger partial charge is 0.419 e. The van der Waals surface area contributed by atoms with E-state index < -0.39 is 69.9 Å². The average Bonchev–Trinajstić information content (AvgIpc) is 2.81. The molecule has 1 aromatic carbocycles. The summed E-state index contributed by atoms with van der Waals surface area (Å²) >= 11 is 5.96. The Hall–Kier alpha value is -2.95. The van der Waals surface area contributed by atoms with Gasteiger partial charge in [0, 0.05) is 29.0 Å². The van der Waals surface area contributed by atoms with Crippen LogP contribution in [0.15, 0.2) is 56.4 Å². The minimum absolute atomic E-state index is 0.0384. The fourth-order valence-electron chi connectivity index (χ4n) is 5.39. The van der Waals surface area contributed by atoms with E-state index in [0.717, 1.165) is 18.2 Å². The normalized spacial score (nSPS) is 29.4. The molecule has 6 nitrogen and oxygen atoms in total. The van der Waals surface area contributed by atoms with Crippen LogP contribution in [0.2, 0.25) is 0 Å². The van der Waals surface area contributed by atoms with Crippen LogP contribution in [-0.2, 0) is 0 Å². The van der Waals surface area contributed by atoms with Gasteiger partial charge in [0.1, 0.15) is 22.4 Å². The van der Waals surface area contributed by atoms with Gasteiger partial charge in [-0.2, -0.15) is 13.2 Å². The molecule has 3 unspecified atom stereocenters. The SMILES string of the molecule is CC[C@@H]1C[C@](N=O)(C(F)(F)F)C(Nc2ccc(F)c3[nH]c(=O)ccc23)C2C1=C(O)C(Cl)=C(F)C2C. The third-order valence-corrected chi connectivity index (χ3v) is 7.52. The number of aromatic amines is 1. The molecule has 0 bridgehead atoms. The predicted molar refractivity (Wildman–Crippen MR) is 121 cm³/mol. The summed E-state index contributed by atoms with van der Waals surface area (Å²) in [4.78, 5) is 26.0. The van der Waals surface area contributed by atoms with Crippen LogP contribution < -0.4 is 10.9 Å². The van der Waals surface area contributed by atoms with Gasteiger partial charge in [0.15, 0.2) is 0 Å². The van der Waals surface area contributed by atoms with E-state index in [1.165, 1.54) is 13.0 Å². The Kier molecular flexibility index (Phi) is 6.19. The quantitative estimate of drug-likeness (QED) is 0.321. The van der Waals surface area contributed by atoms with Crippen molar-refractivity contribution in [3.8, 4) is 0 Å². The van der Waals surface area contributed by atoms with E-state index in [1.807, 2.05) is 0 Å². The van der Waals surface area contributed by atoms with Crippen molar-refractivity contribution < 1.29 is 27.1 Å². The zero-order valence-corrected chi connectivity index (χ0v) is 19.3. The van der Waals surface area contributed by atoms with Crippen LogP contribution in [0.25, 0.3) is 10.9 Å². The Morgan fingerprint density at radius 2 is 1.94 bits per heavy atom. The molecule has 3 N–H and O–H groups in total. The molecule has 35 heavy (non-hydrogen) atoms. The summed E-state index contributed by atoms with van der Waals surface area (Å²) in [7, 11) is 0. The van der Waals surface area contributed by atoms with E-state index in [2.05, 4.69) is 15.5 Å². The number of nitrogens with zero attached hydrogens (tertiary/aromatic N) is 1. The number of hydrogen-bond acceptors (Lipinski definition) is 5. The zero-order valence-electron chi connectivity index (χ0n) is 18.5. The Balaban J connectivity index is 1.98. The van der Waals surface area contributed by atoms with Gasteiger partial charge in [0.05, 0.1) is 11.6 Å². The van der Waals surface area contributed by atoms with Gasteiger partial charge in [-0.15, -0.1) is 4.91 Å². The molecule has 2 aliphatic rings. The number of anilines is 1. The molecular formula is C23H21ClF5N3O3. The Labute approximate surface area is 200 Å². The van der Waals surface area contributed by atoms with Crippen molar-refractivity contribution in [3.63, 3.8) is 0 Å². The van der Waals surface area contributed by atoms with Crippen LogP contribution in [-0.4, -0.2) is 27.8 Å². The summed E-state index contributed by atoms with van der Waals surface area (Å²) in [6, 6.07) is 2.50. The van der Waals surface area contributed by atoms with Crippen molar-refractivity contribution in [2.24, 2.45) is 22.9 Å². The first-order chi connectivity index (χ1) is 16.4. The van der Waals surface area contributed by atoms with E-state index in [0.29, 0.717) is 0 Å². The Morgan fingerprint density at radius 3 is 2.54 bits per heavy atom. The molecule has 5 atom stereocenters. The van der Waals surface area contributed by atoms with Gasteiger partial charge in [-0.1, -0.05) is 30.6 Å². The second-order valence-electron chi connectivity index (χ2n) is 8.93. The summed E-state index contributed by atoms with van der Waals surface area (Å²) in [6.07, 6.45) is -5.85. The van der Waals surface area contributed by atoms with Gasteiger partial charge in [0.25, 0.3) is 0 Å². The number of nitrogens with one attached hydrogen (secondary N) is 2. The predicted octanol–water partition coefficient (Wildman–Crippen LogP) is 6.44. The first-order valence-electron chi connectivity index (χ1n) is 10.9. The van der Waals surface area contributed by atoms with Gasteiger partial charge >= 0.3 is 6.18 Å². The van der Waals surface area contributed by atoms with Crippen molar-refractivity contribution in [3.05, 3.63) is 67.5 Å². The summed E-state index contributed by atoms with van der Waals surface area (Å²) in [5.74, 6) is -6.05. The maximum absolute atomic E-state index is 15.0. The number of aromatic nitrogens is 1. The van der Waals surface area contributed by atoms with E-state index in [1.54, 1.807) is 6.92 Å². The van der Waals surface area contributed by atoms with Crippen molar-refractivity contribution in [2.45, 2.75) is 44.4 Å². The lowest BCUT2D eigenvalue weighted by atomic mass is 9.58. The molecule has 1 aromatic heterocycles. The molecule has 1 heterocycles. The molecule has 0 spiro atoms. The number of pyridine rings is 1. The Morgan fingerprint density at radius 1 is 1.26 bits per heavy atom. The van der Waals surface area contributed by atoms with E-state index in [9.17, 15) is 36.8 Å². The fraction of sp³-hybridized carbons (Fsp3) is 0.435. The van der Waals surface area contributed by atoms with E-state index in [4.69, 9.17) is 11.6 Å². The number of allylic oxidation sites excluding steroid dienone is 2. The topological polar surface area (TPSA) is 94.5 Å². The van der Waals surface area contributed by atoms with Crippen molar-refractivity contribution >= 4 is 28.2 Å². The highest BCUT2D eigenvalue weighted by Gasteiger charge is 2.68. The first kappa shape index (κ1) is 25.2. The number of fused-ring (bicyclic) bond motifs is 2. The molecule has 0 amide bonds. The monoisotopic (exact) mass is 517 g/mol. The number of benzene rings is 1. The third kappa shape index (κ3) is 3.71. The summed E-state index contributed by atoms with van der Waals surface area (Å²) in [6.45, 7) is 2.90. The van der Waals surface area contributed by atoms with Gasteiger partial charge in [-0.3, -0.25) is 4.79 Å². The molecule has 0 saturated heterocycles. The summed E-state index contributed by atoms with van der Waals surface area (Å²) in [5.41, 5.74) is -4.03. The maximum Gasteiger partial charge on any atom is 0.419 e. The van der Waals surface area contributed by atoms with Gasteiger partial charge < -0.3 is 15.4 Å². The van der Waals surface area contributed by atoms with Gasteiger partial charge in [-0.05, 0) is 42.5 Å². The minimum atomic E-state index is -5.15. The lowest BCUT2D eigenvalue weighted by Crippen LogP contribution is -2.64. The zero-order chi connectivity index (χ0) is 25.9. The number of alkyl halides is 3. The second-order valence-corrected chi connectivity index (χ2v) is 9.31. The molecule has 4 rings (SSSR count). The molecular weight excluding hydrogens is 497 g/mol. The average molecular weight is 518 g/mol. The van der Waals surface area contributed by atoms with E-state index >= 15 is 0 Å². The molecule has 0 aliphatic heterocycles. The van der Waals surface area contributed by atoms with Crippen LogP contribution in [0, 0.1) is 28.5 Å². The fourth-order valence-corrected chi connectivity index (χ4v) is 5.67. The van der Waals surface area contributed by atoms with Crippen molar-refractivity contribution in [1.82, 2.24) is 4.98 Å². The third-order valence-electron chi connectivity index (χ3n) is 7.16. The number of aliphatic hydroxyl groups is 1. The number of H-pyrrole nitrogens is 1. The molecule has 0 radical (unpaired) electrons. The van der Waals surface area contributed by atoms with Gasteiger partial charge in [-0.25, -0.2) is 8.78 Å². The highest BCUT2D eigenvalue weighted by molar-refractivity contribution is 6.32. The lowest BCUT2D eigenvalue weighted by molar-refractivity contribution is -0.202. The van der Waals surface area contributed by atoms with Crippen molar-refractivity contribution in [2.75, 3.05) is 5.32 Å². The minimum Gasteiger partial charge on any atom is -0.506 e. The van der Waals surface area contributed by atoms with Crippen LogP contribution in [0.3, 0.4) is 0 Å². The van der Waals surface area contributed by atoms with Crippen molar-refractivity contribution in [1.29, 1.82) is 0 Å². The highest BCUT2D eigenvalue weighted by Crippen LogP contribution is 2.58. The Bertz CT molecular complexity index is 1320. The molecule has 188 valence electrons. The number of hydrogen-bond donors (Lipinski definition) is 3. The molecule has 2 aromatic rings. The number of halogens is 6. The number of rotatable bonds is 4. The first-order valence-corrected chi connectivity index (χ1v) is 11.2. The molecule has 1 fully saturated rings. The molecule has 12 heteroatoms. The standard InChI is InChI=1S/C23H21ClF5N3O3/c1-3-10-8-22(32-35,23(27,28)29)21(15-9(2)18(26)17(24)20(34)16(10)15)30-13-6-5-12(25)19-11(13)4-7-14(33)31-19/h4-7,9-10,15,21,30,34H,3,8H2,1-2H3,(H,31,33)/t9?,10-,15?,21?,22-/m1/s1. The summed E-state index contributed by atoms with van der Waals surface area (Å²) < 4.78 is 73.1. The highest BCUT2D eigenvalue weighted by atomic mass is 35.5. The van der Waals surface area contributed by atoms with Crippen LogP contribution in [0.4, 0.5) is 27.6 Å². The number of aliphatic hydroxyl groups excluding tert-OH is 1. The lowest BCUT2D eigenvalue weighted by Gasteiger charge is -2.51. The molecule has 2 aliphatic carbocycles. The second kappa shape index (κ2) is 8.61. The van der Waals surface area contributed by atoms with E-state index in [-0.39, 0.29) is 28.6 Å². The largest absolute Gasteiger partial charge is 0.506 e. The summed E-state index contributed by atoms with van der Waals surface area (Å²) in [5, 5.41) is 15.4. The molecule has 1 saturated carbocycles. The van der Waals surface area contributed by atoms with Crippen LogP contribution >= 0.6 is 11.6 Å². The van der Waals surface area contributed by atoms with Gasteiger partial charge in [0.2, 0.25) is 11.1 Å². The van der Waals surface area contributed by atoms with Crippen LogP contribution in [0.5, 0.6) is 0 Å².